The lowest BCUT2D eigenvalue weighted by Gasteiger charge is -2.29. The lowest BCUT2D eigenvalue weighted by Crippen LogP contribution is -2.36. The van der Waals surface area contributed by atoms with Crippen LogP contribution in [-0.4, -0.2) is 65.3 Å². The molecule has 0 aliphatic carbocycles. The first-order valence-corrected chi connectivity index (χ1v) is 10.7. The molecule has 4 heterocycles. The molecule has 2 aliphatic heterocycles. The summed E-state index contributed by atoms with van der Waals surface area (Å²) in [6.45, 7) is 4.72. The van der Waals surface area contributed by atoms with Gasteiger partial charge in [0.1, 0.15) is 17.3 Å². The van der Waals surface area contributed by atoms with Gasteiger partial charge in [0.25, 0.3) is 0 Å². The van der Waals surface area contributed by atoms with E-state index < -0.39 is 0 Å². The third kappa shape index (κ3) is 3.61. The van der Waals surface area contributed by atoms with Gasteiger partial charge in [-0.3, -0.25) is 4.90 Å². The smallest absolute Gasteiger partial charge is 0.145 e. The van der Waals surface area contributed by atoms with Crippen molar-refractivity contribution in [3.8, 4) is 11.4 Å². The zero-order valence-corrected chi connectivity index (χ0v) is 17.6. The van der Waals surface area contributed by atoms with E-state index >= 15 is 0 Å². The molecule has 0 saturated carbocycles. The molecule has 0 unspecified atom stereocenters. The molecule has 1 aromatic carbocycles. The Morgan fingerprint density at radius 3 is 2.73 bits per heavy atom. The zero-order valence-electron chi connectivity index (χ0n) is 17.6. The number of hydrogen-bond acceptors (Lipinski definition) is 7. The van der Waals surface area contributed by atoms with E-state index in [1.54, 1.807) is 11.8 Å². The molecule has 1 N–H and O–H groups in total. The van der Waals surface area contributed by atoms with Crippen molar-refractivity contribution in [3.05, 3.63) is 35.7 Å². The number of anilines is 1. The predicted octanol–water partition coefficient (Wildman–Crippen LogP) is 2.97. The maximum Gasteiger partial charge on any atom is 0.145 e. The number of rotatable bonds is 6. The van der Waals surface area contributed by atoms with Crippen LogP contribution in [-0.2, 0) is 11.3 Å². The van der Waals surface area contributed by atoms with E-state index in [-0.39, 0.29) is 0 Å². The van der Waals surface area contributed by atoms with Crippen LogP contribution in [0.4, 0.5) is 5.82 Å². The molecule has 0 radical (unpaired) electrons. The van der Waals surface area contributed by atoms with E-state index in [9.17, 15) is 0 Å². The van der Waals surface area contributed by atoms with Crippen LogP contribution < -0.4 is 10.1 Å². The molecule has 8 heteroatoms. The van der Waals surface area contributed by atoms with Gasteiger partial charge in [0.2, 0.25) is 0 Å². The first kappa shape index (κ1) is 19.3. The van der Waals surface area contributed by atoms with Crippen molar-refractivity contribution >= 4 is 16.7 Å². The topological polar surface area (TPSA) is 77.3 Å². The Balaban J connectivity index is 1.57. The number of ether oxygens (including phenoxy) is 2. The van der Waals surface area contributed by atoms with Crippen molar-refractivity contribution in [2.45, 2.75) is 31.7 Å². The van der Waals surface area contributed by atoms with Crippen LogP contribution in [0.25, 0.3) is 16.6 Å². The van der Waals surface area contributed by atoms with Crippen LogP contribution in [0.3, 0.4) is 0 Å². The van der Waals surface area contributed by atoms with Crippen LogP contribution in [0.2, 0.25) is 0 Å². The maximum atomic E-state index is 5.76. The van der Waals surface area contributed by atoms with Crippen molar-refractivity contribution in [2.75, 3.05) is 45.8 Å². The van der Waals surface area contributed by atoms with Gasteiger partial charge in [-0.15, -0.1) is 5.10 Å². The lowest BCUT2D eigenvalue weighted by molar-refractivity contribution is 0.0856. The van der Waals surface area contributed by atoms with Gasteiger partial charge in [0.15, 0.2) is 0 Å². The predicted molar refractivity (Wildman–Crippen MR) is 115 cm³/mol. The van der Waals surface area contributed by atoms with Crippen molar-refractivity contribution in [1.29, 1.82) is 0 Å². The summed E-state index contributed by atoms with van der Waals surface area (Å²) in [5.41, 5.74) is 4.05. The molecule has 0 spiro atoms. The number of nitrogens with zero attached hydrogens (tertiary/aromatic N) is 5. The number of nitrogens with one attached hydrogen (secondary N) is 1. The summed E-state index contributed by atoms with van der Waals surface area (Å²) in [5.74, 6) is 2.11. The normalized spacial score (nSPS) is 17.8. The molecule has 0 bridgehead atoms. The third-order valence-electron chi connectivity index (χ3n) is 6.18. The number of pyridine rings is 1. The van der Waals surface area contributed by atoms with Crippen LogP contribution in [0.5, 0.6) is 5.75 Å². The molecule has 0 amide bonds. The number of fused-ring (bicyclic) bond motifs is 1. The molecule has 2 aliphatic rings. The summed E-state index contributed by atoms with van der Waals surface area (Å²) in [6, 6.07) is 6.32. The molecule has 2 fully saturated rings. The molecule has 30 heavy (non-hydrogen) atoms. The van der Waals surface area contributed by atoms with E-state index in [0.29, 0.717) is 5.92 Å². The fourth-order valence-corrected chi connectivity index (χ4v) is 4.34. The SMILES string of the molecule is CNc1cc(C2CCOCC2)c2cc(OC)c(-n3cc(CN4CCC4)nn3)cc2n1. The Hall–Kier alpha value is -2.71. The van der Waals surface area contributed by atoms with E-state index in [1.807, 2.05) is 13.2 Å². The molecule has 8 nitrogen and oxygen atoms in total. The Kier molecular flexibility index (Phi) is 5.26. The number of likely N-dealkylation sites (tertiary alicyclic amines) is 1. The second kappa shape index (κ2) is 8.20. The number of hydrogen-bond donors (Lipinski definition) is 1. The minimum Gasteiger partial charge on any atom is -0.494 e. The summed E-state index contributed by atoms with van der Waals surface area (Å²) in [7, 11) is 3.61. The average Bonchev–Trinajstić information content (AvgIpc) is 3.23. The molecule has 3 aromatic rings. The zero-order chi connectivity index (χ0) is 20.5. The minimum absolute atomic E-state index is 0.460. The van der Waals surface area contributed by atoms with Crippen LogP contribution in [0, 0.1) is 0 Å². The monoisotopic (exact) mass is 408 g/mol. The van der Waals surface area contributed by atoms with Crippen LogP contribution in [0.1, 0.15) is 36.4 Å². The van der Waals surface area contributed by atoms with E-state index in [1.165, 1.54) is 12.0 Å². The fourth-order valence-electron chi connectivity index (χ4n) is 4.34. The van der Waals surface area contributed by atoms with Gasteiger partial charge in [0, 0.05) is 32.2 Å². The van der Waals surface area contributed by atoms with E-state index in [0.717, 1.165) is 79.5 Å². The van der Waals surface area contributed by atoms with Gasteiger partial charge < -0.3 is 14.8 Å². The summed E-state index contributed by atoms with van der Waals surface area (Å²) >= 11 is 0. The quantitative estimate of drug-likeness (QED) is 0.672. The summed E-state index contributed by atoms with van der Waals surface area (Å²) < 4.78 is 13.1. The largest absolute Gasteiger partial charge is 0.494 e. The van der Waals surface area contributed by atoms with Gasteiger partial charge in [-0.05, 0) is 62.0 Å². The third-order valence-corrected chi connectivity index (χ3v) is 6.18. The molecule has 5 rings (SSSR count). The van der Waals surface area contributed by atoms with Gasteiger partial charge in [-0.1, -0.05) is 5.21 Å². The second-order valence-corrected chi connectivity index (χ2v) is 8.06. The van der Waals surface area contributed by atoms with Crippen molar-refractivity contribution in [3.63, 3.8) is 0 Å². The highest BCUT2D eigenvalue weighted by atomic mass is 16.5. The Morgan fingerprint density at radius 2 is 2.03 bits per heavy atom. The second-order valence-electron chi connectivity index (χ2n) is 8.06. The average molecular weight is 409 g/mol. The minimum atomic E-state index is 0.460. The first-order valence-electron chi connectivity index (χ1n) is 10.7. The van der Waals surface area contributed by atoms with Crippen LogP contribution in [0.15, 0.2) is 24.4 Å². The van der Waals surface area contributed by atoms with Gasteiger partial charge in [0.05, 0.1) is 24.5 Å². The summed E-state index contributed by atoms with van der Waals surface area (Å²) in [5, 5.41) is 13.1. The molecule has 2 saturated heterocycles. The molecule has 2 aromatic heterocycles. The van der Waals surface area contributed by atoms with Crippen molar-refractivity contribution in [1.82, 2.24) is 24.9 Å². The Morgan fingerprint density at radius 1 is 1.20 bits per heavy atom. The highest BCUT2D eigenvalue weighted by Gasteiger charge is 2.22. The van der Waals surface area contributed by atoms with E-state index in [2.05, 4.69) is 38.7 Å². The van der Waals surface area contributed by atoms with Crippen LogP contribution >= 0.6 is 0 Å². The van der Waals surface area contributed by atoms with Gasteiger partial charge in [-0.25, -0.2) is 9.67 Å². The number of benzene rings is 1. The molecular formula is C22H28N6O2. The molecule has 158 valence electrons. The molecular weight excluding hydrogens is 380 g/mol. The molecule has 0 atom stereocenters. The number of methoxy groups -OCH3 is 1. The fraction of sp³-hybridized carbons (Fsp3) is 0.500. The van der Waals surface area contributed by atoms with Gasteiger partial charge in [-0.2, -0.15) is 0 Å². The Labute approximate surface area is 176 Å². The van der Waals surface area contributed by atoms with Gasteiger partial charge >= 0.3 is 0 Å². The summed E-state index contributed by atoms with van der Waals surface area (Å²) in [6.07, 6.45) is 5.30. The van der Waals surface area contributed by atoms with E-state index in [4.69, 9.17) is 14.5 Å². The maximum absolute atomic E-state index is 5.76. The lowest BCUT2D eigenvalue weighted by atomic mass is 9.89. The standard InChI is InChI=1S/C22H28N6O2/c1-23-22-11-17(15-4-8-30-9-5-15)18-10-21(29-2)20(12-19(18)24-22)28-14-16(25-26-28)13-27-6-3-7-27/h10-12,14-15H,3-9,13H2,1-2H3,(H,23,24). The number of aromatic nitrogens is 4. The summed E-state index contributed by atoms with van der Waals surface area (Å²) in [4.78, 5) is 7.19. The highest BCUT2D eigenvalue weighted by Crippen LogP contribution is 2.37. The van der Waals surface area contributed by atoms with Crippen molar-refractivity contribution < 1.29 is 9.47 Å². The first-order chi connectivity index (χ1) is 14.7. The highest BCUT2D eigenvalue weighted by molar-refractivity contribution is 5.88. The van der Waals surface area contributed by atoms with Crippen molar-refractivity contribution in [2.24, 2.45) is 0 Å². The Bertz CT molecular complexity index is 1040.